The summed E-state index contributed by atoms with van der Waals surface area (Å²) in [5, 5.41) is 10.8. The van der Waals surface area contributed by atoms with Crippen molar-refractivity contribution in [3.8, 4) is 0 Å². The molecular formula is C19H20N4O3S. The van der Waals surface area contributed by atoms with Crippen LogP contribution in [-0.4, -0.2) is 24.5 Å². The average Bonchev–Trinajstić information content (AvgIpc) is 3.11. The first-order valence-electron chi connectivity index (χ1n) is 8.58. The van der Waals surface area contributed by atoms with Gasteiger partial charge < -0.3 is 5.32 Å². The van der Waals surface area contributed by atoms with Crippen LogP contribution >= 0.6 is 0 Å². The second kappa shape index (κ2) is 5.82. The molecule has 4 rings (SSSR count). The Morgan fingerprint density at radius 3 is 2.67 bits per heavy atom. The van der Waals surface area contributed by atoms with E-state index >= 15 is 0 Å². The van der Waals surface area contributed by atoms with E-state index in [0.29, 0.717) is 22.0 Å². The van der Waals surface area contributed by atoms with Crippen LogP contribution in [0.4, 0.5) is 11.5 Å². The van der Waals surface area contributed by atoms with Gasteiger partial charge in [-0.1, -0.05) is 32.9 Å². The summed E-state index contributed by atoms with van der Waals surface area (Å²) in [6.07, 6.45) is 0.747. The Morgan fingerprint density at radius 1 is 1.15 bits per heavy atom. The quantitative estimate of drug-likeness (QED) is 0.640. The van der Waals surface area contributed by atoms with Gasteiger partial charge in [0.2, 0.25) is 0 Å². The van der Waals surface area contributed by atoms with Crippen LogP contribution < -0.4 is 10.0 Å². The number of aromatic amines is 1. The molecule has 1 aromatic heterocycles. The summed E-state index contributed by atoms with van der Waals surface area (Å²) in [5.74, 6) is 0.0175. The lowest BCUT2D eigenvalue weighted by molar-refractivity contribution is 0.103. The second-order valence-corrected chi connectivity index (χ2v) is 9.57. The van der Waals surface area contributed by atoms with Crippen molar-refractivity contribution in [1.29, 1.82) is 0 Å². The number of anilines is 2. The topological polar surface area (TPSA) is 104 Å². The maximum atomic E-state index is 13.0. The Balaban J connectivity index is 1.72. The number of nitrogens with one attached hydrogen (secondary N) is 3. The highest BCUT2D eigenvalue weighted by molar-refractivity contribution is 7.93. The highest BCUT2D eigenvalue weighted by Crippen LogP contribution is 2.36. The van der Waals surface area contributed by atoms with Gasteiger partial charge in [0.15, 0.2) is 5.82 Å². The zero-order valence-corrected chi connectivity index (χ0v) is 16.1. The Kier molecular flexibility index (Phi) is 3.78. The number of carbonyl (C=O) groups is 1. The minimum atomic E-state index is -3.87. The molecule has 2 aromatic carbocycles. The molecule has 3 N–H and O–H groups in total. The number of hydrogen-bond donors (Lipinski definition) is 3. The smallest absolute Gasteiger partial charge is 0.263 e. The van der Waals surface area contributed by atoms with Gasteiger partial charge in [-0.3, -0.25) is 14.6 Å². The fraction of sp³-hybridized carbons (Fsp3) is 0.263. The number of H-pyrrole nitrogens is 1. The average molecular weight is 384 g/mol. The van der Waals surface area contributed by atoms with Crippen molar-refractivity contribution in [2.75, 3.05) is 10.0 Å². The van der Waals surface area contributed by atoms with Crippen molar-refractivity contribution in [1.82, 2.24) is 10.2 Å². The molecule has 1 aliphatic rings. The molecule has 1 amide bonds. The highest BCUT2D eigenvalue weighted by Gasteiger charge is 2.26. The van der Waals surface area contributed by atoms with Gasteiger partial charge in [-0.25, -0.2) is 8.42 Å². The van der Waals surface area contributed by atoms with Crippen molar-refractivity contribution in [2.45, 2.75) is 32.1 Å². The minimum Gasteiger partial charge on any atom is -0.321 e. The summed E-state index contributed by atoms with van der Waals surface area (Å²) in [5.41, 5.74) is 2.01. The van der Waals surface area contributed by atoms with Crippen LogP contribution in [0.3, 0.4) is 0 Å². The van der Waals surface area contributed by atoms with Gasteiger partial charge >= 0.3 is 0 Å². The molecule has 3 aromatic rings. The molecule has 27 heavy (non-hydrogen) atoms. The van der Waals surface area contributed by atoms with E-state index in [-0.39, 0.29) is 22.0 Å². The number of benzene rings is 2. The lowest BCUT2D eigenvalue weighted by Crippen LogP contribution is -2.13. The van der Waals surface area contributed by atoms with Crippen LogP contribution in [0.25, 0.3) is 10.8 Å². The first-order valence-corrected chi connectivity index (χ1v) is 10.1. The Morgan fingerprint density at radius 2 is 1.93 bits per heavy atom. The summed E-state index contributed by atoms with van der Waals surface area (Å²) < 4.78 is 28.5. The van der Waals surface area contributed by atoms with Crippen molar-refractivity contribution in [2.24, 2.45) is 5.41 Å². The molecule has 0 radical (unpaired) electrons. The molecule has 0 saturated heterocycles. The van der Waals surface area contributed by atoms with Crippen molar-refractivity contribution in [3.63, 3.8) is 0 Å². The van der Waals surface area contributed by atoms with Crippen LogP contribution in [0.2, 0.25) is 0 Å². The third-order valence-electron chi connectivity index (χ3n) is 4.37. The van der Waals surface area contributed by atoms with Crippen LogP contribution in [0.15, 0.2) is 41.3 Å². The lowest BCUT2D eigenvalue weighted by atomic mass is 9.91. The van der Waals surface area contributed by atoms with E-state index < -0.39 is 10.0 Å². The van der Waals surface area contributed by atoms with Crippen LogP contribution in [0.5, 0.6) is 0 Å². The van der Waals surface area contributed by atoms with Crippen molar-refractivity contribution >= 4 is 38.2 Å². The number of carbonyl (C=O) groups excluding carboxylic acids is 1. The lowest BCUT2D eigenvalue weighted by Gasteiger charge is -2.15. The molecule has 0 unspecified atom stereocenters. The van der Waals surface area contributed by atoms with Crippen LogP contribution in [-0.2, 0) is 16.4 Å². The number of hydrogen-bond acceptors (Lipinski definition) is 4. The molecule has 1 aliphatic heterocycles. The Bertz CT molecular complexity index is 1170. The maximum Gasteiger partial charge on any atom is 0.263 e. The number of aromatic nitrogens is 2. The normalized spacial score (nSPS) is 13.8. The van der Waals surface area contributed by atoms with Gasteiger partial charge in [-0.15, -0.1) is 0 Å². The van der Waals surface area contributed by atoms with E-state index in [0.717, 1.165) is 12.1 Å². The molecule has 0 fully saturated rings. The number of amides is 1. The third kappa shape index (κ3) is 3.16. The molecule has 0 saturated carbocycles. The third-order valence-corrected chi connectivity index (χ3v) is 5.79. The summed E-state index contributed by atoms with van der Waals surface area (Å²) in [6.45, 7) is 6.29. The summed E-state index contributed by atoms with van der Waals surface area (Å²) in [6, 6.07) is 9.88. The molecule has 2 heterocycles. The Labute approximate surface area is 157 Å². The van der Waals surface area contributed by atoms with Gasteiger partial charge in [0, 0.05) is 33.8 Å². The van der Waals surface area contributed by atoms with Gasteiger partial charge in [0.25, 0.3) is 15.9 Å². The van der Waals surface area contributed by atoms with Crippen molar-refractivity contribution < 1.29 is 13.2 Å². The Hall–Kier alpha value is -2.87. The van der Waals surface area contributed by atoms with E-state index in [1.807, 2.05) is 0 Å². The van der Waals surface area contributed by atoms with Gasteiger partial charge in [-0.2, -0.15) is 5.10 Å². The van der Waals surface area contributed by atoms with Crippen LogP contribution in [0, 0.1) is 5.41 Å². The fourth-order valence-electron chi connectivity index (χ4n) is 3.37. The molecule has 0 aliphatic carbocycles. The monoisotopic (exact) mass is 384 g/mol. The maximum absolute atomic E-state index is 13.0. The molecular weight excluding hydrogens is 364 g/mol. The van der Waals surface area contributed by atoms with Gasteiger partial charge in [-0.05, 0) is 30.0 Å². The zero-order chi connectivity index (χ0) is 19.4. The molecule has 0 atom stereocenters. The largest absolute Gasteiger partial charge is 0.321 e. The SMILES string of the molecule is CC(C)(C)Cc1cc(NS(=O)(=O)c2ccc3c4c(cccc24)C(=O)N3)n[nH]1. The van der Waals surface area contributed by atoms with Crippen molar-refractivity contribution in [3.05, 3.63) is 47.7 Å². The van der Waals surface area contributed by atoms with E-state index in [1.165, 1.54) is 6.07 Å². The van der Waals surface area contributed by atoms with E-state index in [9.17, 15) is 13.2 Å². The molecule has 7 nitrogen and oxygen atoms in total. The predicted molar refractivity (Wildman–Crippen MR) is 104 cm³/mol. The summed E-state index contributed by atoms with van der Waals surface area (Å²) in [4.78, 5) is 12.1. The second-order valence-electron chi connectivity index (χ2n) is 7.91. The van der Waals surface area contributed by atoms with E-state index in [1.54, 1.807) is 30.3 Å². The first-order chi connectivity index (χ1) is 12.6. The van der Waals surface area contributed by atoms with E-state index in [4.69, 9.17) is 0 Å². The van der Waals surface area contributed by atoms with Crippen LogP contribution in [0.1, 0.15) is 36.8 Å². The fourth-order valence-corrected chi connectivity index (χ4v) is 4.56. The summed E-state index contributed by atoms with van der Waals surface area (Å²) in [7, 11) is -3.87. The predicted octanol–water partition coefficient (Wildman–Crippen LogP) is 3.52. The number of nitrogens with zero attached hydrogens (tertiary/aromatic N) is 1. The van der Waals surface area contributed by atoms with E-state index in [2.05, 4.69) is 41.0 Å². The summed E-state index contributed by atoms with van der Waals surface area (Å²) >= 11 is 0. The molecule has 0 bridgehead atoms. The number of sulfonamides is 1. The molecule has 0 spiro atoms. The highest BCUT2D eigenvalue weighted by atomic mass is 32.2. The van der Waals surface area contributed by atoms with Gasteiger partial charge in [0.05, 0.1) is 4.90 Å². The minimum absolute atomic E-state index is 0.0555. The number of rotatable bonds is 4. The molecule has 140 valence electrons. The molecule has 8 heteroatoms. The zero-order valence-electron chi connectivity index (χ0n) is 15.3. The first kappa shape index (κ1) is 17.5. The van der Waals surface area contributed by atoms with Gasteiger partial charge in [0.1, 0.15) is 0 Å². The standard InChI is InChI=1S/C19H20N4O3S/c1-19(2,3)10-11-9-16(22-21-11)23-27(25,26)15-8-7-14-17-12(15)5-4-6-13(17)18(24)20-14/h4-9H,10H2,1-3H3,(H,20,24)(H2,21,22,23).